The van der Waals surface area contributed by atoms with Gasteiger partial charge in [0.15, 0.2) is 0 Å². The van der Waals surface area contributed by atoms with Crippen molar-refractivity contribution in [2.45, 2.75) is 38.6 Å². The molecule has 3 heterocycles. The van der Waals surface area contributed by atoms with Gasteiger partial charge in [-0.25, -0.2) is 4.98 Å². The number of nitrogens with one attached hydrogen (secondary N) is 1. The lowest BCUT2D eigenvalue weighted by Gasteiger charge is -2.27. The van der Waals surface area contributed by atoms with Crippen LogP contribution in [0.5, 0.6) is 0 Å². The fourth-order valence-corrected chi connectivity index (χ4v) is 3.74. The Hall–Kier alpha value is -2.44. The number of anilines is 1. The molecule has 7 nitrogen and oxygen atoms in total. The average Bonchev–Trinajstić information content (AvgIpc) is 3.08. The molecule has 0 radical (unpaired) electrons. The number of nitrogens with zero attached hydrogens (tertiary/aromatic N) is 4. The van der Waals surface area contributed by atoms with Crippen LogP contribution in [0, 0.1) is 6.92 Å². The molecule has 126 valence electrons. The third-order valence-electron chi connectivity index (χ3n) is 5.00. The summed E-state index contributed by atoms with van der Waals surface area (Å²) in [4.78, 5) is 35.2. The van der Waals surface area contributed by atoms with Gasteiger partial charge in [0.1, 0.15) is 5.65 Å². The molecule has 2 fully saturated rings. The van der Waals surface area contributed by atoms with E-state index in [9.17, 15) is 9.59 Å². The number of aromatic nitrogens is 3. The fraction of sp³-hybridized carbons (Fsp3) is 0.529. The Balaban J connectivity index is 1.86. The number of carbonyl (C=O) groups is 1. The van der Waals surface area contributed by atoms with Crippen LogP contribution in [0.4, 0.5) is 5.95 Å². The molecule has 1 saturated heterocycles. The number of pyridine rings is 1. The van der Waals surface area contributed by atoms with E-state index in [0.717, 1.165) is 36.6 Å². The highest BCUT2D eigenvalue weighted by Crippen LogP contribution is 2.31. The lowest BCUT2D eigenvalue weighted by molar-refractivity contribution is -0.120. The van der Waals surface area contributed by atoms with E-state index < -0.39 is 0 Å². The Morgan fingerprint density at radius 2 is 2.04 bits per heavy atom. The summed E-state index contributed by atoms with van der Waals surface area (Å²) >= 11 is 0. The lowest BCUT2D eigenvalue weighted by Crippen LogP contribution is -2.48. The summed E-state index contributed by atoms with van der Waals surface area (Å²) in [6.45, 7) is 3.44. The predicted molar refractivity (Wildman–Crippen MR) is 91.3 cm³/mol. The van der Waals surface area contributed by atoms with Crippen LogP contribution in [0.25, 0.3) is 11.0 Å². The Labute approximate surface area is 139 Å². The maximum absolute atomic E-state index is 12.6. The van der Waals surface area contributed by atoms with Crippen LogP contribution in [-0.4, -0.2) is 40.1 Å². The summed E-state index contributed by atoms with van der Waals surface area (Å²) in [5.74, 6) is 0.497. The Bertz CT molecular complexity index is 854. The second-order valence-electron chi connectivity index (χ2n) is 6.65. The summed E-state index contributed by atoms with van der Waals surface area (Å²) in [6, 6.07) is 1.89. The number of amides is 1. The van der Waals surface area contributed by atoms with E-state index in [1.807, 2.05) is 16.4 Å². The molecule has 0 unspecified atom stereocenters. The Morgan fingerprint density at radius 3 is 2.79 bits per heavy atom. The number of aryl methyl sites for hydroxylation is 1. The van der Waals surface area contributed by atoms with Crippen molar-refractivity contribution in [1.82, 2.24) is 19.9 Å². The number of hydrogen-bond acceptors (Lipinski definition) is 5. The van der Waals surface area contributed by atoms with Crippen LogP contribution in [0.2, 0.25) is 0 Å². The van der Waals surface area contributed by atoms with Gasteiger partial charge in [-0.15, -0.1) is 0 Å². The topological polar surface area (TPSA) is 80.1 Å². The molecule has 1 N–H and O–H groups in total. The van der Waals surface area contributed by atoms with Gasteiger partial charge in [0, 0.05) is 36.8 Å². The molecule has 0 spiro atoms. The minimum atomic E-state index is -0.0256. The van der Waals surface area contributed by atoms with Gasteiger partial charge in [-0.05, 0) is 25.3 Å². The normalized spacial score (nSPS) is 19.0. The minimum Gasteiger partial charge on any atom is -0.353 e. The first-order valence-electron chi connectivity index (χ1n) is 8.54. The molecule has 7 heteroatoms. The highest BCUT2D eigenvalue weighted by molar-refractivity contribution is 5.83. The van der Waals surface area contributed by atoms with E-state index in [1.54, 1.807) is 12.3 Å². The summed E-state index contributed by atoms with van der Waals surface area (Å²) in [5, 5.41) is 3.71. The molecule has 0 bridgehead atoms. The van der Waals surface area contributed by atoms with Crippen molar-refractivity contribution in [3.05, 3.63) is 28.2 Å². The molecule has 1 saturated carbocycles. The van der Waals surface area contributed by atoms with Crippen LogP contribution < -0.4 is 15.8 Å². The molecule has 4 rings (SSSR count). The number of carbonyl (C=O) groups excluding carboxylic acids is 1. The first kappa shape index (κ1) is 15.1. The van der Waals surface area contributed by atoms with Gasteiger partial charge in [-0.3, -0.25) is 14.2 Å². The summed E-state index contributed by atoms with van der Waals surface area (Å²) in [5.41, 5.74) is 1.60. The first-order valence-corrected chi connectivity index (χ1v) is 8.54. The van der Waals surface area contributed by atoms with Crippen LogP contribution in [-0.2, 0) is 4.79 Å². The second kappa shape index (κ2) is 5.89. The molecule has 1 amide bonds. The van der Waals surface area contributed by atoms with Gasteiger partial charge in [-0.2, -0.15) is 4.98 Å². The molecule has 2 aromatic heterocycles. The van der Waals surface area contributed by atoms with Crippen molar-refractivity contribution >= 4 is 22.9 Å². The second-order valence-corrected chi connectivity index (χ2v) is 6.65. The monoisotopic (exact) mass is 327 g/mol. The van der Waals surface area contributed by atoms with Crippen LogP contribution in [0.1, 0.15) is 37.3 Å². The standard InChI is InChI=1S/C17H21N5O2/c1-11-8-15(24)22(12-4-2-3-5-12)16-13(11)9-19-17(20-16)21-7-6-18-14(23)10-21/h8-9,12H,2-7,10H2,1H3,(H,18,23). The van der Waals surface area contributed by atoms with E-state index in [1.165, 1.54) is 0 Å². The molecule has 24 heavy (non-hydrogen) atoms. The van der Waals surface area contributed by atoms with E-state index in [4.69, 9.17) is 4.98 Å². The first-order chi connectivity index (χ1) is 11.6. The minimum absolute atomic E-state index is 0.00735. The third-order valence-corrected chi connectivity index (χ3v) is 5.00. The largest absolute Gasteiger partial charge is 0.353 e. The van der Waals surface area contributed by atoms with Crippen molar-refractivity contribution in [3.63, 3.8) is 0 Å². The zero-order valence-electron chi connectivity index (χ0n) is 13.8. The lowest BCUT2D eigenvalue weighted by atomic mass is 10.1. The number of hydrogen-bond donors (Lipinski definition) is 1. The van der Waals surface area contributed by atoms with E-state index >= 15 is 0 Å². The van der Waals surface area contributed by atoms with Crippen molar-refractivity contribution < 1.29 is 4.79 Å². The van der Waals surface area contributed by atoms with Crippen LogP contribution >= 0.6 is 0 Å². The van der Waals surface area contributed by atoms with Gasteiger partial charge in [0.25, 0.3) is 5.56 Å². The van der Waals surface area contributed by atoms with Crippen LogP contribution in [0.3, 0.4) is 0 Å². The smallest absolute Gasteiger partial charge is 0.252 e. The average molecular weight is 327 g/mol. The van der Waals surface area contributed by atoms with Gasteiger partial charge in [-0.1, -0.05) is 12.8 Å². The highest BCUT2D eigenvalue weighted by atomic mass is 16.2. The summed E-state index contributed by atoms with van der Waals surface area (Å²) in [7, 11) is 0. The van der Waals surface area contributed by atoms with Crippen molar-refractivity contribution in [3.8, 4) is 0 Å². The predicted octanol–water partition coefficient (Wildman–Crippen LogP) is 1.15. The van der Waals surface area contributed by atoms with E-state index in [0.29, 0.717) is 24.7 Å². The molecule has 2 aliphatic rings. The van der Waals surface area contributed by atoms with Crippen molar-refractivity contribution in [2.75, 3.05) is 24.5 Å². The quantitative estimate of drug-likeness (QED) is 0.895. The number of piperazine rings is 1. The SMILES string of the molecule is Cc1cc(=O)n(C2CCCC2)c2nc(N3CCNC(=O)C3)ncc12. The van der Waals surface area contributed by atoms with Gasteiger partial charge in [0.05, 0.1) is 6.54 Å². The van der Waals surface area contributed by atoms with Gasteiger partial charge in [0.2, 0.25) is 11.9 Å². The third kappa shape index (κ3) is 2.53. The molecular weight excluding hydrogens is 306 g/mol. The Morgan fingerprint density at radius 1 is 1.25 bits per heavy atom. The highest BCUT2D eigenvalue weighted by Gasteiger charge is 2.23. The molecular formula is C17H21N5O2. The fourth-order valence-electron chi connectivity index (χ4n) is 3.74. The van der Waals surface area contributed by atoms with E-state index in [2.05, 4.69) is 10.3 Å². The molecule has 1 aliphatic carbocycles. The maximum atomic E-state index is 12.6. The maximum Gasteiger partial charge on any atom is 0.252 e. The van der Waals surface area contributed by atoms with Crippen LogP contribution in [0.15, 0.2) is 17.1 Å². The van der Waals surface area contributed by atoms with E-state index in [-0.39, 0.29) is 24.1 Å². The summed E-state index contributed by atoms with van der Waals surface area (Å²) < 4.78 is 1.84. The van der Waals surface area contributed by atoms with Gasteiger partial charge >= 0.3 is 0 Å². The Kier molecular flexibility index (Phi) is 3.70. The summed E-state index contributed by atoms with van der Waals surface area (Å²) in [6.07, 6.45) is 6.12. The zero-order valence-corrected chi connectivity index (χ0v) is 13.8. The van der Waals surface area contributed by atoms with Crippen molar-refractivity contribution in [1.29, 1.82) is 0 Å². The zero-order chi connectivity index (χ0) is 16.7. The molecule has 0 atom stereocenters. The van der Waals surface area contributed by atoms with Gasteiger partial charge < -0.3 is 10.2 Å². The molecule has 2 aromatic rings. The number of fused-ring (bicyclic) bond motifs is 1. The molecule has 1 aliphatic heterocycles. The van der Waals surface area contributed by atoms with Crippen molar-refractivity contribution in [2.24, 2.45) is 0 Å². The molecule has 0 aromatic carbocycles. The number of rotatable bonds is 2.